The number of hydrogen-bond donors (Lipinski definition) is 2. The highest BCUT2D eigenvalue weighted by molar-refractivity contribution is 6.00. The molecule has 0 radical (unpaired) electrons. The number of benzene rings is 1. The molecular weight excluding hydrogens is 487 g/mol. The zero-order valence-electron chi connectivity index (χ0n) is 21.2. The number of aryl methyl sites for hydroxylation is 2. The summed E-state index contributed by atoms with van der Waals surface area (Å²) in [6.07, 6.45) is 6.84. The Labute approximate surface area is 218 Å². The molecule has 0 bridgehead atoms. The smallest absolute Gasteiger partial charge is 0.307 e. The number of carbonyl (C=O) groups excluding carboxylic acids is 2. The maximum atomic E-state index is 15.2. The summed E-state index contributed by atoms with van der Waals surface area (Å²) in [5.74, 6) is 1.20. The van der Waals surface area contributed by atoms with E-state index in [9.17, 15) is 9.59 Å². The van der Waals surface area contributed by atoms with Gasteiger partial charge in [-0.05, 0) is 61.8 Å². The number of H-pyrrole nitrogens is 1. The van der Waals surface area contributed by atoms with Gasteiger partial charge in [0.25, 0.3) is 5.89 Å². The van der Waals surface area contributed by atoms with Crippen LogP contribution in [0, 0.1) is 11.7 Å². The molecule has 1 aliphatic heterocycles. The first-order chi connectivity index (χ1) is 18.5. The molecule has 3 aromatic heterocycles. The molecule has 38 heavy (non-hydrogen) atoms. The summed E-state index contributed by atoms with van der Waals surface area (Å²) < 4.78 is 20.8. The number of rotatable bonds is 7. The predicted molar refractivity (Wildman–Crippen MR) is 139 cm³/mol. The molecule has 1 aliphatic carbocycles. The largest absolute Gasteiger partial charge is 0.437 e. The van der Waals surface area contributed by atoms with Gasteiger partial charge in [-0.1, -0.05) is 12.1 Å². The van der Waals surface area contributed by atoms with Crippen molar-refractivity contribution in [2.24, 2.45) is 5.92 Å². The van der Waals surface area contributed by atoms with Crippen LogP contribution >= 0.6 is 0 Å². The summed E-state index contributed by atoms with van der Waals surface area (Å²) in [4.78, 5) is 35.0. The molecule has 1 amide bonds. The molecule has 1 aromatic carbocycles. The van der Waals surface area contributed by atoms with E-state index >= 15 is 4.39 Å². The van der Waals surface area contributed by atoms with Crippen LogP contribution in [0.5, 0.6) is 0 Å². The Kier molecular flexibility index (Phi) is 6.39. The molecule has 4 heterocycles. The second-order valence-electron chi connectivity index (χ2n) is 10.2. The van der Waals surface area contributed by atoms with Crippen LogP contribution in [-0.2, 0) is 24.2 Å². The van der Waals surface area contributed by atoms with Gasteiger partial charge in [-0.25, -0.2) is 14.4 Å². The molecule has 1 atom stereocenters. The van der Waals surface area contributed by atoms with E-state index in [-0.39, 0.29) is 18.2 Å². The number of aromatic amines is 1. The maximum absolute atomic E-state index is 15.2. The third-order valence-electron chi connectivity index (χ3n) is 7.45. The van der Waals surface area contributed by atoms with Crippen LogP contribution in [0.2, 0.25) is 0 Å². The van der Waals surface area contributed by atoms with Crippen molar-refractivity contribution in [1.29, 1.82) is 0 Å². The molecular formula is C28H29FN6O3. The summed E-state index contributed by atoms with van der Waals surface area (Å²) in [6, 6.07) is 6.84. The van der Waals surface area contributed by atoms with Crippen LogP contribution < -0.4 is 10.2 Å². The minimum absolute atomic E-state index is 0.0199. The predicted octanol–water partition coefficient (Wildman–Crippen LogP) is 4.37. The average Bonchev–Trinajstić information content (AvgIpc) is 3.65. The third kappa shape index (κ3) is 4.66. The number of carbonyl (C=O) groups is 2. The second kappa shape index (κ2) is 10.00. The Balaban J connectivity index is 1.21. The zero-order valence-corrected chi connectivity index (χ0v) is 21.2. The van der Waals surface area contributed by atoms with Crippen molar-refractivity contribution in [3.63, 3.8) is 0 Å². The SMILES string of the molecule is CC(=O)C[C@@H]1CCN(c2n[nH]c3nccc(-c4ccc(CNC(=O)c5nc6c(o5)CCCC6)c(F)c4)c23)C1. The third-order valence-corrected chi connectivity index (χ3v) is 7.45. The second-order valence-corrected chi connectivity index (χ2v) is 10.2. The number of pyridine rings is 1. The van der Waals surface area contributed by atoms with Crippen molar-refractivity contribution in [2.45, 2.75) is 52.0 Å². The fourth-order valence-corrected chi connectivity index (χ4v) is 5.56. The van der Waals surface area contributed by atoms with Crippen LogP contribution in [0.3, 0.4) is 0 Å². The number of aromatic nitrogens is 4. The van der Waals surface area contributed by atoms with Crippen molar-refractivity contribution in [1.82, 2.24) is 25.5 Å². The first kappa shape index (κ1) is 24.3. The lowest BCUT2D eigenvalue weighted by atomic mass is 10.0. The van der Waals surface area contributed by atoms with Gasteiger partial charge in [-0.3, -0.25) is 9.89 Å². The monoisotopic (exact) mass is 516 g/mol. The van der Waals surface area contributed by atoms with Gasteiger partial charge in [-0.15, -0.1) is 0 Å². The Morgan fingerprint density at radius 3 is 2.92 bits per heavy atom. The number of nitrogens with one attached hydrogen (secondary N) is 2. The molecule has 0 saturated carbocycles. The molecule has 4 aromatic rings. The summed E-state index contributed by atoms with van der Waals surface area (Å²) >= 11 is 0. The molecule has 1 fully saturated rings. The lowest BCUT2D eigenvalue weighted by Crippen LogP contribution is -2.23. The van der Waals surface area contributed by atoms with E-state index in [4.69, 9.17) is 4.42 Å². The minimum atomic E-state index is -0.449. The van der Waals surface area contributed by atoms with Gasteiger partial charge in [0, 0.05) is 44.2 Å². The number of oxazole rings is 1. The Morgan fingerprint density at radius 1 is 1.24 bits per heavy atom. The van der Waals surface area contributed by atoms with Gasteiger partial charge >= 0.3 is 5.91 Å². The highest BCUT2D eigenvalue weighted by atomic mass is 19.1. The van der Waals surface area contributed by atoms with E-state index in [0.717, 1.165) is 73.4 Å². The van der Waals surface area contributed by atoms with Crippen molar-refractivity contribution in [3.8, 4) is 11.1 Å². The van der Waals surface area contributed by atoms with Crippen LogP contribution in [-0.4, -0.2) is 44.9 Å². The average molecular weight is 517 g/mol. The molecule has 2 N–H and O–H groups in total. The standard InChI is InChI=1S/C28H29FN6O3/c1-16(36)12-17-9-11-35(15-17)26-24-20(8-10-30-25(24)33-34-26)18-6-7-19(21(29)13-18)14-31-27(37)28-32-22-4-2-3-5-23(22)38-28/h6-8,10,13,17H,2-5,9,11-12,14-15H2,1H3,(H,31,37)(H,30,33,34)/t17-/m0/s1. The summed E-state index contributed by atoms with van der Waals surface area (Å²) in [7, 11) is 0. The van der Waals surface area contributed by atoms with E-state index in [1.165, 1.54) is 6.07 Å². The Morgan fingerprint density at radius 2 is 2.11 bits per heavy atom. The van der Waals surface area contributed by atoms with Crippen molar-refractivity contribution in [2.75, 3.05) is 18.0 Å². The van der Waals surface area contributed by atoms with E-state index in [0.29, 0.717) is 29.1 Å². The maximum Gasteiger partial charge on any atom is 0.307 e. The number of halogens is 1. The van der Waals surface area contributed by atoms with Gasteiger partial charge in [-0.2, -0.15) is 5.10 Å². The highest BCUT2D eigenvalue weighted by Gasteiger charge is 2.28. The molecule has 10 heteroatoms. The van der Waals surface area contributed by atoms with E-state index in [1.54, 1.807) is 19.2 Å². The lowest BCUT2D eigenvalue weighted by Gasteiger charge is -2.17. The fourth-order valence-electron chi connectivity index (χ4n) is 5.56. The van der Waals surface area contributed by atoms with Crippen LogP contribution in [0.15, 0.2) is 34.9 Å². The molecule has 2 aliphatic rings. The fraction of sp³-hybridized carbons (Fsp3) is 0.393. The summed E-state index contributed by atoms with van der Waals surface area (Å²) in [6.45, 7) is 3.19. The molecule has 9 nitrogen and oxygen atoms in total. The molecule has 6 rings (SSSR count). The first-order valence-corrected chi connectivity index (χ1v) is 13.1. The number of hydrogen-bond acceptors (Lipinski definition) is 7. The van der Waals surface area contributed by atoms with Crippen LogP contribution in [0.4, 0.5) is 10.2 Å². The Hall–Kier alpha value is -4.08. The normalized spacial score (nSPS) is 17.1. The molecule has 0 spiro atoms. The number of amides is 1. The number of ketones is 1. The van der Waals surface area contributed by atoms with Crippen LogP contribution in [0.25, 0.3) is 22.2 Å². The van der Waals surface area contributed by atoms with Gasteiger partial charge in [0.2, 0.25) is 0 Å². The topological polar surface area (TPSA) is 117 Å². The van der Waals surface area contributed by atoms with Gasteiger partial charge in [0.05, 0.1) is 11.1 Å². The molecule has 0 unspecified atom stereocenters. The highest BCUT2D eigenvalue weighted by Crippen LogP contribution is 2.36. The van der Waals surface area contributed by atoms with E-state index in [2.05, 4.69) is 30.4 Å². The number of anilines is 1. The van der Waals surface area contributed by atoms with Crippen molar-refractivity contribution in [3.05, 3.63) is 59.2 Å². The lowest BCUT2D eigenvalue weighted by molar-refractivity contribution is -0.117. The number of nitrogens with zero attached hydrogens (tertiary/aromatic N) is 4. The summed E-state index contributed by atoms with van der Waals surface area (Å²) in [5.41, 5.74) is 3.34. The number of Topliss-reactive ketones (excluding diaryl/α,β-unsaturated/α-hetero) is 1. The van der Waals surface area contributed by atoms with Gasteiger partial charge in [0.15, 0.2) is 11.5 Å². The van der Waals surface area contributed by atoms with Gasteiger partial charge in [0.1, 0.15) is 17.4 Å². The zero-order chi connectivity index (χ0) is 26.2. The summed E-state index contributed by atoms with van der Waals surface area (Å²) in [5, 5.41) is 11.1. The van der Waals surface area contributed by atoms with Gasteiger partial charge < -0.3 is 19.4 Å². The molecule has 196 valence electrons. The minimum Gasteiger partial charge on any atom is -0.437 e. The van der Waals surface area contributed by atoms with Crippen molar-refractivity contribution < 1.29 is 18.4 Å². The van der Waals surface area contributed by atoms with Crippen molar-refractivity contribution >= 4 is 28.5 Å². The number of fused-ring (bicyclic) bond motifs is 2. The van der Waals surface area contributed by atoms with E-state index in [1.807, 2.05) is 12.1 Å². The Bertz CT molecular complexity index is 1500. The molecule has 1 saturated heterocycles. The quantitative estimate of drug-likeness (QED) is 0.375. The van der Waals surface area contributed by atoms with E-state index < -0.39 is 11.7 Å². The first-order valence-electron chi connectivity index (χ1n) is 13.1. The van der Waals surface area contributed by atoms with Crippen LogP contribution in [0.1, 0.15) is 60.3 Å².